The molecule has 3 heteroatoms. The van der Waals surface area contributed by atoms with Crippen LogP contribution in [0.5, 0.6) is 0 Å². The Morgan fingerprint density at radius 2 is 0.759 bits per heavy atom. The molecule has 3 nitrogen and oxygen atoms in total. The van der Waals surface area contributed by atoms with Crippen molar-refractivity contribution in [1.82, 2.24) is 0 Å². The van der Waals surface area contributed by atoms with Crippen molar-refractivity contribution in [1.29, 1.82) is 0 Å². The van der Waals surface area contributed by atoms with Crippen LogP contribution in [0.15, 0.2) is 0 Å². The lowest BCUT2D eigenvalue weighted by Gasteiger charge is -2.01. The number of aliphatic hydroxyl groups excluding tert-OH is 1. The van der Waals surface area contributed by atoms with Crippen LogP contribution in [0.25, 0.3) is 0 Å². The molecule has 0 radical (unpaired) electrons. The van der Waals surface area contributed by atoms with Crippen molar-refractivity contribution in [2.45, 2.75) is 155 Å². The number of aliphatic carboxylic acids is 1. The maximum atomic E-state index is 10.3. The molecule has 0 saturated heterocycles. The largest absolute Gasteiger partial charge is 0.481 e. The van der Waals surface area contributed by atoms with E-state index in [0.29, 0.717) is 13.0 Å². The molecule has 0 aliphatic rings. The van der Waals surface area contributed by atoms with E-state index in [9.17, 15) is 4.79 Å². The Balaban J connectivity index is 0. The number of carbonyl (C=O) groups is 1. The lowest BCUT2D eigenvalue weighted by Crippen LogP contribution is -1.93. The van der Waals surface area contributed by atoms with Gasteiger partial charge >= 0.3 is 5.97 Å². The summed E-state index contributed by atoms with van der Waals surface area (Å²) >= 11 is 0. The van der Waals surface area contributed by atoms with Crippen LogP contribution in [0.2, 0.25) is 0 Å². The summed E-state index contributed by atoms with van der Waals surface area (Å²) in [6.45, 7) is 4.88. The SMILES string of the molecule is CCCCCCCCCCCCCC(=O)O.CCCCCCCCCCCCO. The van der Waals surface area contributed by atoms with E-state index in [1.807, 2.05) is 0 Å². The minimum Gasteiger partial charge on any atom is -0.481 e. The fourth-order valence-corrected chi connectivity index (χ4v) is 3.54. The van der Waals surface area contributed by atoms with Gasteiger partial charge in [0.2, 0.25) is 0 Å². The zero-order chi connectivity index (χ0) is 21.8. The molecule has 0 aliphatic heterocycles. The molecule has 0 amide bonds. The molecular formula is C26H54O3. The number of aliphatic hydroxyl groups is 1. The molecule has 0 rings (SSSR count). The van der Waals surface area contributed by atoms with E-state index < -0.39 is 5.97 Å². The quantitative estimate of drug-likeness (QED) is 0.174. The summed E-state index contributed by atoms with van der Waals surface area (Å²) in [7, 11) is 0. The number of carboxylic acid groups (broad SMARTS) is 1. The van der Waals surface area contributed by atoms with Crippen molar-refractivity contribution in [2.75, 3.05) is 6.61 Å². The van der Waals surface area contributed by atoms with Crippen LogP contribution in [0.4, 0.5) is 0 Å². The highest BCUT2D eigenvalue weighted by atomic mass is 16.4. The van der Waals surface area contributed by atoms with E-state index in [-0.39, 0.29) is 0 Å². The summed E-state index contributed by atoms with van der Waals surface area (Å²) in [4.78, 5) is 10.3. The maximum Gasteiger partial charge on any atom is 0.303 e. The van der Waals surface area contributed by atoms with E-state index >= 15 is 0 Å². The van der Waals surface area contributed by atoms with Gasteiger partial charge in [0, 0.05) is 13.0 Å². The molecule has 0 fully saturated rings. The van der Waals surface area contributed by atoms with Crippen LogP contribution in [0.3, 0.4) is 0 Å². The normalized spacial score (nSPS) is 10.6. The second-order valence-corrected chi connectivity index (χ2v) is 8.58. The van der Waals surface area contributed by atoms with Crippen LogP contribution < -0.4 is 0 Å². The van der Waals surface area contributed by atoms with E-state index in [1.165, 1.54) is 116 Å². The van der Waals surface area contributed by atoms with Gasteiger partial charge < -0.3 is 10.2 Å². The van der Waals surface area contributed by atoms with Crippen LogP contribution in [-0.4, -0.2) is 22.8 Å². The molecular weight excluding hydrogens is 360 g/mol. The first-order valence-electron chi connectivity index (χ1n) is 13.0. The van der Waals surface area contributed by atoms with Gasteiger partial charge in [0.1, 0.15) is 0 Å². The van der Waals surface area contributed by atoms with Crippen LogP contribution >= 0.6 is 0 Å². The van der Waals surface area contributed by atoms with Gasteiger partial charge in [-0.15, -0.1) is 0 Å². The van der Waals surface area contributed by atoms with Gasteiger partial charge in [-0.05, 0) is 12.8 Å². The molecule has 0 saturated carbocycles. The average Bonchev–Trinajstić information content (AvgIpc) is 2.71. The molecule has 0 unspecified atom stereocenters. The van der Waals surface area contributed by atoms with Crippen molar-refractivity contribution < 1.29 is 15.0 Å². The third-order valence-corrected chi connectivity index (χ3v) is 5.51. The monoisotopic (exact) mass is 414 g/mol. The third-order valence-electron chi connectivity index (χ3n) is 5.51. The number of carboxylic acids is 1. The van der Waals surface area contributed by atoms with Crippen LogP contribution in [-0.2, 0) is 4.79 Å². The van der Waals surface area contributed by atoms with Gasteiger partial charge in [-0.3, -0.25) is 4.79 Å². The number of hydrogen-bond donors (Lipinski definition) is 2. The molecule has 0 atom stereocenters. The minimum absolute atomic E-state index is 0.344. The Kier molecular flexibility index (Phi) is 31.3. The first-order valence-corrected chi connectivity index (χ1v) is 13.0. The van der Waals surface area contributed by atoms with E-state index in [0.717, 1.165) is 19.3 Å². The molecule has 0 heterocycles. The predicted molar refractivity (Wildman–Crippen MR) is 128 cm³/mol. The van der Waals surface area contributed by atoms with Crippen molar-refractivity contribution in [2.24, 2.45) is 0 Å². The highest BCUT2D eigenvalue weighted by Gasteiger charge is 1.96. The minimum atomic E-state index is -0.657. The van der Waals surface area contributed by atoms with Crippen LogP contribution in [0.1, 0.15) is 155 Å². The summed E-state index contributed by atoms with van der Waals surface area (Å²) in [6, 6.07) is 0. The lowest BCUT2D eigenvalue weighted by molar-refractivity contribution is -0.137. The Hall–Kier alpha value is -0.570. The van der Waals surface area contributed by atoms with E-state index in [2.05, 4.69) is 13.8 Å². The summed E-state index contributed by atoms with van der Waals surface area (Å²) in [5.41, 5.74) is 0. The van der Waals surface area contributed by atoms with Crippen LogP contribution in [0, 0.1) is 0 Å². The first kappa shape index (κ1) is 30.6. The lowest BCUT2D eigenvalue weighted by atomic mass is 10.1. The predicted octanol–water partition coefficient (Wildman–Crippen LogP) is 8.67. The fourth-order valence-electron chi connectivity index (χ4n) is 3.54. The fraction of sp³-hybridized carbons (Fsp3) is 0.962. The topological polar surface area (TPSA) is 57.5 Å². The second kappa shape index (κ2) is 29.6. The van der Waals surface area contributed by atoms with Crippen molar-refractivity contribution in [3.05, 3.63) is 0 Å². The van der Waals surface area contributed by atoms with Gasteiger partial charge in [-0.1, -0.05) is 136 Å². The van der Waals surface area contributed by atoms with E-state index in [1.54, 1.807) is 0 Å². The van der Waals surface area contributed by atoms with Gasteiger partial charge in [0.05, 0.1) is 0 Å². The molecule has 2 N–H and O–H groups in total. The van der Waals surface area contributed by atoms with Crippen molar-refractivity contribution in [3.8, 4) is 0 Å². The van der Waals surface area contributed by atoms with E-state index in [4.69, 9.17) is 10.2 Å². The smallest absolute Gasteiger partial charge is 0.303 e. The van der Waals surface area contributed by atoms with Gasteiger partial charge in [-0.2, -0.15) is 0 Å². The molecule has 176 valence electrons. The number of hydrogen-bond acceptors (Lipinski definition) is 2. The molecule has 29 heavy (non-hydrogen) atoms. The highest BCUT2D eigenvalue weighted by Crippen LogP contribution is 2.12. The van der Waals surface area contributed by atoms with Gasteiger partial charge in [0.15, 0.2) is 0 Å². The van der Waals surface area contributed by atoms with Gasteiger partial charge in [-0.25, -0.2) is 0 Å². The number of unbranched alkanes of at least 4 members (excludes halogenated alkanes) is 19. The summed E-state index contributed by atoms with van der Waals surface area (Å²) in [6.07, 6.45) is 27.7. The maximum absolute atomic E-state index is 10.3. The highest BCUT2D eigenvalue weighted by molar-refractivity contribution is 5.66. The third kappa shape index (κ3) is 35.3. The average molecular weight is 415 g/mol. The molecule has 0 aliphatic carbocycles. The molecule has 0 aromatic rings. The zero-order valence-electron chi connectivity index (χ0n) is 20.1. The Bertz CT molecular complexity index is 282. The summed E-state index contributed by atoms with van der Waals surface area (Å²) in [5, 5.41) is 17.0. The Morgan fingerprint density at radius 3 is 1.03 bits per heavy atom. The summed E-state index contributed by atoms with van der Waals surface area (Å²) < 4.78 is 0. The Morgan fingerprint density at radius 1 is 0.483 bits per heavy atom. The van der Waals surface area contributed by atoms with Crippen molar-refractivity contribution >= 4 is 5.97 Å². The van der Waals surface area contributed by atoms with Crippen molar-refractivity contribution in [3.63, 3.8) is 0 Å². The zero-order valence-corrected chi connectivity index (χ0v) is 20.1. The standard InChI is InChI=1S/C14H28O2.C12H26O/c1-2-3-4-5-6-7-8-9-10-11-12-13-14(15)16;1-2-3-4-5-6-7-8-9-10-11-12-13/h2-13H2,1H3,(H,15,16);13H,2-12H2,1H3. The summed E-state index contributed by atoms with van der Waals surface area (Å²) in [5.74, 6) is -0.657. The molecule has 0 bridgehead atoms. The molecule has 0 aromatic heterocycles. The molecule has 0 aromatic carbocycles. The first-order chi connectivity index (χ1) is 14.2. The second-order valence-electron chi connectivity index (χ2n) is 8.58. The Labute approximate surface area is 183 Å². The number of rotatable bonds is 22. The molecule has 0 spiro atoms. The van der Waals surface area contributed by atoms with Gasteiger partial charge in [0.25, 0.3) is 0 Å².